The number of hydrogen-bond acceptors (Lipinski definition) is 3. The third kappa shape index (κ3) is 9.13. The normalized spacial score (nSPS) is 10.8. The van der Waals surface area contributed by atoms with Gasteiger partial charge in [0.25, 0.3) is 0 Å². The Morgan fingerprint density at radius 3 is 2.29 bits per heavy atom. The predicted molar refractivity (Wildman–Crippen MR) is 97.9 cm³/mol. The Balaban J connectivity index is 2.19. The number of rotatable bonds is 11. The third-order valence-corrected chi connectivity index (χ3v) is 3.74. The largest absolute Gasteiger partial charge is 0.463 e. The van der Waals surface area contributed by atoms with E-state index in [0.29, 0.717) is 12.3 Å². The summed E-state index contributed by atoms with van der Waals surface area (Å²) >= 11 is 0. The van der Waals surface area contributed by atoms with Gasteiger partial charge in [0.05, 0.1) is 6.61 Å². The highest BCUT2D eigenvalue weighted by atomic mass is 16.5. The van der Waals surface area contributed by atoms with Crippen LogP contribution in [-0.4, -0.2) is 18.5 Å². The maximum Gasteiger partial charge on any atom is 0.330 e. The van der Waals surface area contributed by atoms with Gasteiger partial charge in [-0.25, -0.2) is 4.79 Å². The SMILES string of the molecule is CCCCCCCCOC(=O)/C=C/C(=O)Nc1ccc(CC)cc1. The van der Waals surface area contributed by atoms with Gasteiger partial charge in [-0.1, -0.05) is 58.1 Å². The van der Waals surface area contributed by atoms with E-state index in [1.54, 1.807) is 0 Å². The van der Waals surface area contributed by atoms with Gasteiger partial charge in [0.1, 0.15) is 0 Å². The lowest BCUT2D eigenvalue weighted by molar-refractivity contribution is -0.138. The van der Waals surface area contributed by atoms with Gasteiger partial charge in [-0.2, -0.15) is 0 Å². The number of ether oxygens (including phenoxy) is 1. The van der Waals surface area contributed by atoms with Crippen molar-refractivity contribution in [3.8, 4) is 0 Å². The van der Waals surface area contributed by atoms with E-state index in [-0.39, 0.29) is 5.91 Å². The van der Waals surface area contributed by atoms with Gasteiger partial charge in [0, 0.05) is 17.8 Å². The summed E-state index contributed by atoms with van der Waals surface area (Å²) in [5.41, 5.74) is 1.92. The van der Waals surface area contributed by atoms with Crippen LogP contribution in [0.5, 0.6) is 0 Å². The van der Waals surface area contributed by atoms with Crippen molar-refractivity contribution < 1.29 is 14.3 Å². The molecule has 1 aromatic carbocycles. The Kier molecular flexibility index (Phi) is 10.3. The fraction of sp³-hybridized carbons (Fsp3) is 0.500. The zero-order chi connectivity index (χ0) is 17.6. The lowest BCUT2D eigenvalue weighted by atomic mass is 10.1. The Morgan fingerprint density at radius 1 is 0.958 bits per heavy atom. The predicted octanol–water partition coefficient (Wildman–Crippen LogP) is 4.65. The molecular weight excluding hydrogens is 302 g/mol. The molecule has 0 saturated carbocycles. The van der Waals surface area contributed by atoms with Gasteiger partial charge in [-0.3, -0.25) is 4.79 Å². The number of amides is 1. The Morgan fingerprint density at radius 2 is 1.62 bits per heavy atom. The molecule has 0 saturated heterocycles. The second-order valence-corrected chi connectivity index (χ2v) is 5.81. The van der Waals surface area contributed by atoms with Crippen LogP contribution in [0.3, 0.4) is 0 Å². The molecule has 0 aromatic heterocycles. The van der Waals surface area contributed by atoms with E-state index in [0.717, 1.165) is 19.3 Å². The van der Waals surface area contributed by atoms with Gasteiger partial charge >= 0.3 is 5.97 Å². The quantitative estimate of drug-likeness (QED) is 0.365. The molecule has 24 heavy (non-hydrogen) atoms. The molecular formula is C20H29NO3. The van der Waals surface area contributed by atoms with Crippen molar-refractivity contribution in [3.05, 3.63) is 42.0 Å². The Bertz CT molecular complexity index is 520. The van der Waals surface area contributed by atoms with E-state index in [9.17, 15) is 9.59 Å². The fourth-order valence-corrected chi connectivity index (χ4v) is 2.25. The molecule has 0 unspecified atom stereocenters. The first-order valence-corrected chi connectivity index (χ1v) is 8.90. The van der Waals surface area contributed by atoms with Crippen LogP contribution in [0, 0.1) is 0 Å². The standard InChI is InChI=1S/C20H29NO3/c1-3-5-6-7-8-9-16-24-20(23)15-14-19(22)21-18-12-10-17(4-2)11-13-18/h10-15H,3-9,16H2,1-2H3,(H,21,22)/b15-14+. The number of carbonyl (C=O) groups is 2. The summed E-state index contributed by atoms with van der Waals surface area (Å²) in [5.74, 6) is -0.809. The van der Waals surface area contributed by atoms with E-state index in [1.807, 2.05) is 24.3 Å². The number of benzene rings is 1. The fourth-order valence-electron chi connectivity index (χ4n) is 2.25. The summed E-state index contributed by atoms with van der Waals surface area (Å²) in [6, 6.07) is 7.63. The lowest BCUT2D eigenvalue weighted by Gasteiger charge is -2.04. The van der Waals surface area contributed by atoms with Gasteiger partial charge in [-0.05, 0) is 30.5 Å². The molecule has 4 heteroatoms. The summed E-state index contributed by atoms with van der Waals surface area (Å²) in [4.78, 5) is 23.3. The third-order valence-electron chi connectivity index (χ3n) is 3.74. The topological polar surface area (TPSA) is 55.4 Å². The van der Waals surface area contributed by atoms with Crippen molar-refractivity contribution in [2.45, 2.75) is 58.8 Å². The van der Waals surface area contributed by atoms with Crippen molar-refractivity contribution in [1.29, 1.82) is 0 Å². The minimum absolute atomic E-state index is 0.337. The van der Waals surface area contributed by atoms with Gasteiger partial charge in [-0.15, -0.1) is 0 Å². The van der Waals surface area contributed by atoms with E-state index in [1.165, 1.54) is 43.4 Å². The Hall–Kier alpha value is -2.10. The molecule has 0 aliphatic heterocycles. The molecule has 0 bridgehead atoms. The minimum Gasteiger partial charge on any atom is -0.463 e. The first kappa shape index (κ1) is 19.9. The van der Waals surface area contributed by atoms with Crippen LogP contribution in [0.1, 0.15) is 57.9 Å². The highest BCUT2D eigenvalue weighted by Gasteiger charge is 2.01. The van der Waals surface area contributed by atoms with Gasteiger partial charge < -0.3 is 10.1 Å². The Labute approximate surface area is 145 Å². The van der Waals surface area contributed by atoms with Crippen LogP contribution in [0.2, 0.25) is 0 Å². The maximum absolute atomic E-state index is 11.7. The first-order chi connectivity index (χ1) is 11.7. The molecule has 0 atom stereocenters. The number of aryl methyl sites for hydroxylation is 1. The maximum atomic E-state index is 11.7. The van der Waals surface area contributed by atoms with Crippen molar-refractivity contribution in [3.63, 3.8) is 0 Å². The van der Waals surface area contributed by atoms with E-state index in [4.69, 9.17) is 4.74 Å². The average molecular weight is 331 g/mol. The molecule has 1 N–H and O–H groups in total. The van der Waals surface area contributed by atoms with E-state index < -0.39 is 5.97 Å². The van der Waals surface area contributed by atoms with Crippen LogP contribution in [0.15, 0.2) is 36.4 Å². The zero-order valence-electron chi connectivity index (χ0n) is 14.8. The molecule has 0 radical (unpaired) electrons. The highest BCUT2D eigenvalue weighted by Crippen LogP contribution is 2.10. The van der Waals surface area contributed by atoms with Gasteiger partial charge in [0.15, 0.2) is 0 Å². The van der Waals surface area contributed by atoms with Crippen molar-refractivity contribution in [2.75, 3.05) is 11.9 Å². The van der Waals surface area contributed by atoms with E-state index >= 15 is 0 Å². The molecule has 0 aliphatic rings. The summed E-state index contributed by atoms with van der Waals surface area (Å²) < 4.78 is 5.07. The molecule has 0 spiro atoms. The zero-order valence-corrected chi connectivity index (χ0v) is 14.8. The number of anilines is 1. The van der Waals surface area contributed by atoms with Crippen LogP contribution in [-0.2, 0) is 20.7 Å². The first-order valence-electron chi connectivity index (χ1n) is 8.90. The molecule has 1 aromatic rings. The van der Waals surface area contributed by atoms with Gasteiger partial charge in [0.2, 0.25) is 5.91 Å². The van der Waals surface area contributed by atoms with Crippen LogP contribution >= 0.6 is 0 Å². The molecule has 0 heterocycles. The van der Waals surface area contributed by atoms with Crippen molar-refractivity contribution in [2.24, 2.45) is 0 Å². The molecule has 1 rings (SSSR count). The number of hydrogen-bond donors (Lipinski definition) is 1. The smallest absolute Gasteiger partial charge is 0.330 e. The average Bonchev–Trinajstić information content (AvgIpc) is 2.60. The second kappa shape index (κ2) is 12.3. The van der Waals surface area contributed by atoms with Crippen LogP contribution in [0.25, 0.3) is 0 Å². The van der Waals surface area contributed by atoms with Crippen LogP contribution < -0.4 is 5.32 Å². The number of unbranched alkanes of at least 4 members (excludes halogenated alkanes) is 5. The molecule has 132 valence electrons. The monoisotopic (exact) mass is 331 g/mol. The molecule has 4 nitrogen and oxygen atoms in total. The minimum atomic E-state index is -0.472. The van der Waals surface area contributed by atoms with Crippen molar-refractivity contribution >= 4 is 17.6 Å². The van der Waals surface area contributed by atoms with Crippen LogP contribution in [0.4, 0.5) is 5.69 Å². The molecule has 1 amide bonds. The molecule has 0 fully saturated rings. The summed E-state index contributed by atoms with van der Waals surface area (Å²) in [6.45, 7) is 4.67. The summed E-state index contributed by atoms with van der Waals surface area (Å²) in [5, 5.41) is 2.71. The summed E-state index contributed by atoms with van der Waals surface area (Å²) in [6.07, 6.45) is 10.2. The number of nitrogens with one attached hydrogen (secondary N) is 1. The number of carbonyl (C=O) groups excluding carboxylic acids is 2. The highest BCUT2D eigenvalue weighted by molar-refractivity contribution is 6.02. The number of esters is 1. The second-order valence-electron chi connectivity index (χ2n) is 5.81. The van der Waals surface area contributed by atoms with Crippen molar-refractivity contribution in [1.82, 2.24) is 0 Å². The van der Waals surface area contributed by atoms with E-state index in [2.05, 4.69) is 19.2 Å². The molecule has 0 aliphatic carbocycles. The lowest BCUT2D eigenvalue weighted by Crippen LogP contribution is -2.09. The summed E-state index contributed by atoms with van der Waals surface area (Å²) in [7, 11) is 0.